The van der Waals surface area contributed by atoms with Crippen molar-refractivity contribution in [2.45, 2.75) is 32.1 Å². The molecule has 0 unspecified atom stereocenters. The van der Waals surface area contributed by atoms with Crippen LogP contribution < -0.4 is 5.32 Å². The van der Waals surface area contributed by atoms with Gasteiger partial charge in [0.1, 0.15) is 0 Å². The van der Waals surface area contributed by atoms with Gasteiger partial charge in [-0.05, 0) is 33.0 Å². The monoisotopic (exact) mass is 288 g/mol. The van der Waals surface area contributed by atoms with Crippen molar-refractivity contribution in [1.29, 1.82) is 0 Å². The molecule has 1 saturated heterocycles. The van der Waals surface area contributed by atoms with E-state index in [1.807, 2.05) is 7.05 Å². The zero-order valence-electron chi connectivity index (χ0n) is 12.7. The number of rotatable bonds is 8. The lowest BCUT2D eigenvalue weighted by Gasteiger charge is -2.25. The third-order valence-corrected chi connectivity index (χ3v) is 3.95. The highest BCUT2D eigenvalue weighted by Crippen LogP contribution is 2.10. The van der Waals surface area contributed by atoms with Crippen LogP contribution in [0, 0.1) is 12.8 Å². The van der Waals surface area contributed by atoms with Crippen molar-refractivity contribution in [2.24, 2.45) is 0 Å². The summed E-state index contributed by atoms with van der Waals surface area (Å²) in [6.07, 6.45) is 15.0. The number of nitrogens with one attached hydrogen (secondary N) is 1. The minimum atomic E-state index is 1.00. The van der Waals surface area contributed by atoms with E-state index in [1.54, 1.807) is 0 Å². The van der Waals surface area contributed by atoms with Crippen molar-refractivity contribution in [2.75, 3.05) is 51.8 Å². The van der Waals surface area contributed by atoms with Crippen LogP contribution in [-0.4, -0.2) is 61.8 Å². The molecule has 0 saturated carbocycles. The van der Waals surface area contributed by atoms with E-state index >= 15 is 0 Å². The van der Waals surface area contributed by atoms with Gasteiger partial charge in [-0.2, -0.15) is 11.8 Å². The molecule has 3 nitrogen and oxygen atoms in total. The maximum atomic E-state index is 7.00. The molecule has 1 fully saturated rings. The van der Waals surface area contributed by atoms with Gasteiger partial charge in [0.25, 0.3) is 0 Å². The molecule has 0 aromatic heterocycles. The van der Waals surface area contributed by atoms with Crippen molar-refractivity contribution in [1.82, 2.24) is 10.2 Å². The summed E-state index contributed by atoms with van der Waals surface area (Å²) in [7, 11) is 3.04. The van der Waals surface area contributed by atoms with Crippen molar-refractivity contribution in [3.05, 3.63) is 0 Å². The van der Waals surface area contributed by atoms with Gasteiger partial charge >= 0.3 is 0 Å². The molecule has 1 heterocycles. The Morgan fingerprint density at radius 3 is 2.11 bits per heavy atom. The predicted molar refractivity (Wildman–Crippen MR) is 88.8 cm³/mol. The highest BCUT2D eigenvalue weighted by Gasteiger charge is 2.08. The molecule has 19 heavy (non-hydrogen) atoms. The fraction of sp³-hybridized carbons (Fsp3) is 0.867. The molecule has 4 heteroatoms. The Balaban J connectivity index is 0. The van der Waals surface area contributed by atoms with E-state index in [-0.39, 0.29) is 0 Å². The van der Waals surface area contributed by atoms with Gasteiger partial charge in [-0.15, -0.1) is 12.8 Å². The fourth-order valence-electron chi connectivity index (χ4n) is 1.99. The first-order valence-corrected chi connectivity index (χ1v) is 8.31. The predicted octanol–water partition coefficient (Wildman–Crippen LogP) is 2.06. The summed E-state index contributed by atoms with van der Waals surface area (Å²) < 4.78 is 0. The standard InChI is InChI=1S/C12H26N2S.C2H2.CH4O/c1-13-7-5-3-2-4-6-8-14-9-11-15-12-10-14;2*1-2/h13H,2-12H2,1H3;1-2H;2H,1H3. The Hall–Kier alpha value is -0.210. The first-order valence-electron chi connectivity index (χ1n) is 7.16. The van der Waals surface area contributed by atoms with Gasteiger partial charge in [-0.25, -0.2) is 0 Å². The largest absolute Gasteiger partial charge is 0.400 e. The van der Waals surface area contributed by atoms with E-state index in [4.69, 9.17) is 5.11 Å². The van der Waals surface area contributed by atoms with Crippen LogP contribution in [0.5, 0.6) is 0 Å². The molecule has 0 spiro atoms. The number of nitrogens with zero attached hydrogens (tertiary/aromatic N) is 1. The van der Waals surface area contributed by atoms with Gasteiger partial charge in [0, 0.05) is 31.7 Å². The highest BCUT2D eigenvalue weighted by molar-refractivity contribution is 7.99. The van der Waals surface area contributed by atoms with Crippen molar-refractivity contribution >= 4 is 11.8 Å². The summed E-state index contributed by atoms with van der Waals surface area (Å²) in [5.74, 6) is 2.70. The second kappa shape index (κ2) is 20.1. The number of hydrogen-bond acceptors (Lipinski definition) is 4. The van der Waals surface area contributed by atoms with E-state index in [0.29, 0.717) is 0 Å². The molecule has 0 radical (unpaired) electrons. The Morgan fingerprint density at radius 1 is 1.00 bits per heavy atom. The molecule has 0 bridgehead atoms. The fourth-order valence-corrected chi connectivity index (χ4v) is 2.97. The molecule has 1 aliphatic heterocycles. The number of terminal acetylenes is 1. The van der Waals surface area contributed by atoms with Crippen molar-refractivity contribution in [3.8, 4) is 12.8 Å². The van der Waals surface area contributed by atoms with E-state index < -0.39 is 0 Å². The molecule has 0 atom stereocenters. The lowest BCUT2D eigenvalue weighted by Crippen LogP contribution is -2.33. The van der Waals surface area contributed by atoms with E-state index in [0.717, 1.165) is 7.11 Å². The molecule has 0 aromatic carbocycles. The molecule has 1 rings (SSSR count). The molecule has 0 amide bonds. The zero-order valence-corrected chi connectivity index (χ0v) is 13.6. The SMILES string of the molecule is C#C.CNCCCCCCCN1CCSCC1.CO. The highest BCUT2D eigenvalue weighted by atomic mass is 32.2. The smallest absolute Gasteiger partial charge is 0.0319 e. The van der Waals surface area contributed by atoms with Gasteiger partial charge in [0.15, 0.2) is 0 Å². The van der Waals surface area contributed by atoms with Crippen molar-refractivity contribution < 1.29 is 5.11 Å². The molecule has 0 aliphatic carbocycles. The third kappa shape index (κ3) is 15.7. The average Bonchev–Trinajstić information content (AvgIpc) is 2.51. The zero-order chi connectivity index (χ0) is 14.8. The average molecular weight is 289 g/mol. The minimum absolute atomic E-state index is 1.00. The van der Waals surface area contributed by atoms with Gasteiger partial charge < -0.3 is 15.3 Å². The first kappa shape index (κ1) is 21.1. The minimum Gasteiger partial charge on any atom is -0.400 e. The Morgan fingerprint density at radius 2 is 1.53 bits per heavy atom. The normalized spacial score (nSPS) is 14.8. The molecular formula is C15H32N2OS. The number of aliphatic hydroxyl groups excluding tert-OH is 1. The van der Waals surface area contributed by atoms with Gasteiger partial charge in [0.05, 0.1) is 0 Å². The number of aliphatic hydroxyl groups is 1. The maximum Gasteiger partial charge on any atom is 0.0319 e. The van der Waals surface area contributed by atoms with Crippen molar-refractivity contribution in [3.63, 3.8) is 0 Å². The van der Waals surface area contributed by atoms with E-state index in [2.05, 4.69) is 34.8 Å². The van der Waals surface area contributed by atoms with Crippen LogP contribution in [0.3, 0.4) is 0 Å². The number of hydrogen-bond donors (Lipinski definition) is 2. The van der Waals surface area contributed by atoms with Crippen LogP contribution >= 0.6 is 11.8 Å². The molecule has 1 aliphatic rings. The molecule has 0 aromatic rings. The summed E-state index contributed by atoms with van der Waals surface area (Å²) in [5.41, 5.74) is 0. The summed E-state index contributed by atoms with van der Waals surface area (Å²) in [6.45, 7) is 5.17. The van der Waals surface area contributed by atoms with Crippen LogP contribution in [0.4, 0.5) is 0 Å². The van der Waals surface area contributed by atoms with Crippen LogP contribution in [0.25, 0.3) is 0 Å². The summed E-state index contributed by atoms with van der Waals surface area (Å²) in [6, 6.07) is 0. The Bertz CT molecular complexity index is 171. The van der Waals surface area contributed by atoms with E-state index in [9.17, 15) is 0 Å². The molecule has 114 valence electrons. The summed E-state index contributed by atoms with van der Waals surface area (Å²) in [4.78, 5) is 2.63. The van der Waals surface area contributed by atoms with E-state index in [1.165, 1.54) is 69.8 Å². The third-order valence-electron chi connectivity index (χ3n) is 3.00. The van der Waals surface area contributed by atoms with Crippen LogP contribution in [-0.2, 0) is 0 Å². The van der Waals surface area contributed by atoms with Gasteiger partial charge in [0.2, 0.25) is 0 Å². The first-order chi connectivity index (χ1) is 9.43. The van der Waals surface area contributed by atoms with Crippen LogP contribution in [0.1, 0.15) is 32.1 Å². The maximum absolute atomic E-state index is 7.00. The molecular weight excluding hydrogens is 256 g/mol. The summed E-state index contributed by atoms with van der Waals surface area (Å²) in [5, 5.41) is 10.2. The second-order valence-electron chi connectivity index (χ2n) is 4.33. The quantitative estimate of drug-likeness (QED) is 0.529. The van der Waals surface area contributed by atoms with Crippen LogP contribution in [0.15, 0.2) is 0 Å². The Labute approximate surface area is 124 Å². The lowest BCUT2D eigenvalue weighted by atomic mass is 10.1. The topological polar surface area (TPSA) is 35.5 Å². The van der Waals surface area contributed by atoms with Gasteiger partial charge in [-0.3, -0.25) is 0 Å². The van der Waals surface area contributed by atoms with Gasteiger partial charge in [-0.1, -0.05) is 19.3 Å². The summed E-state index contributed by atoms with van der Waals surface area (Å²) >= 11 is 2.10. The van der Waals surface area contributed by atoms with Crippen LogP contribution in [0.2, 0.25) is 0 Å². The lowest BCUT2D eigenvalue weighted by molar-refractivity contribution is 0.294. The Kier molecular flexibility index (Phi) is 22.3. The molecule has 2 N–H and O–H groups in total. The second-order valence-corrected chi connectivity index (χ2v) is 5.55. The number of thioether (sulfide) groups is 1. The number of unbranched alkanes of at least 4 members (excludes halogenated alkanes) is 4.